The molecule has 1 heterocycles. The van der Waals surface area contributed by atoms with Crippen LogP contribution in [-0.2, 0) is 0 Å². The molecule has 0 unspecified atom stereocenters. The molecule has 0 amide bonds. The zero-order chi connectivity index (χ0) is 12.6. The zero-order valence-electron chi connectivity index (χ0n) is 8.75. The fourth-order valence-electron chi connectivity index (χ4n) is 1.42. The number of rotatable bonds is 1. The van der Waals surface area contributed by atoms with Crippen LogP contribution < -0.4 is 4.73 Å². The maximum absolute atomic E-state index is 13.4. The first-order chi connectivity index (χ1) is 8.00. The minimum absolute atomic E-state index is 0.234. The van der Waals surface area contributed by atoms with Gasteiger partial charge in [0.2, 0.25) is 0 Å². The highest BCUT2D eigenvalue weighted by Gasteiger charge is 2.22. The van der Waals surface area contributed by atoms with Crippen molar-refractivity contribution in [2.75, 3.05) is 0 Å². The first-order valence-corrected chi connectivity index (χ1v) is 4.71. The van der Waals surface area contributed by atoms with Crippen LogP contribution in [0.25, 0.3) is 11.4 Å². The monoisotopic (exact) mass is 240 g/mol. The van der Waals surface area contributed by atoms with Gasteiger partial charge in [0.05, 0.1) is 0 Å². The van der Waals surface area contributed by atoms with Crippen LogP contribution in [0.15, 0.2) is 24.4 Å². The average molecular weight is 240 g/mol. The van der Waals surface area contributed by atoms with Crippen molar-refractivity contribution in [1.82, 2.24) is 4.98 Å². The fraction of sp³-hybridized carbons (Fsp3) is 0.0909. The molecule has 88 valence electrons. The van der Waals surface area contributed by atoms with Crippen LogP contribution in [0.3, 0.4) is 0 Å². The number of aromatic nitrogens is 2. The predicted octanol–water partition coefficient (Wildman–Crippen LogP) is 2.11. The Bertz CT molecular complexity index is 564. The Balaban J connectivity index is 2.73. The van der Waals surface area contributed by atoms with E-state index >= 15 is 0 Å². The van der Waals surface area contributed by atoms with Crippen LogP contribution in [0.1, 0.15) is 5.69 Å². The number of hydrogen-bond acceptors (Lipinski definition) is 2. The molecule has 1 aromatic heterocycles. The summed E-state index contributed by atoms with van der Waals surface area (Å²) >= 11 is 0. The lowest BCUT2D eigenvalue weighted by molar-refractivity contribution is -0.603. The molecule has 0 atom stereocenters. The van der Waals surface area contributed by atoms with E-state index in [4.69, 9.17) is 0 Å². The molecule has 0 aliphatic rings. The second-order valence-corrected chi connectivity index (χ2v) is 3.45. The summed E-state index contributed by atoms with van der Waals surface area (Å²) in [6.45, 7) is 1.47. The normalized spacial score (nSPS) is 10.6. The summed E-state index contributed by atoms with van der Waals surface area (Å²) in [5, 5.41) is 11.6. The van der Waals surface area contributed by atoms with Gasteiger partial charge in [-0.1, -0.05) is 0 Å². The average Bonchev–Trinajstić information content (AvgIpc) is 2.23. The molecule has 2 aromatic rings. The van der Waals surface area contributed by atoms with Gasteiger partial charge >= 0.3 is 5.82 Å². The van der Waals surface area contributed by atoms with Crippen LogP contribution in [0, 0.1) is 29.6 Å². The van der Waals surface area contributed by atoms with Crippen LogP contribution in [-0.4, -0.2) is 4.98 Å². The van der Waals surface area contributed by atoms with Crippen molar-refractivity contribution in [2.45, 2.75) is 6.92 Å². The van der Waals surface area contributed by atoms with Gasteiger partial charge in [0.1, 0.15) is 34.9 Å². The maximum Gasteiger partial charge on any atom is 0.339 e. The highest BCUT2D eigenvalue weighted by molar-refractivity contribution is 5.54. The molecule has 1 aromatic carbocycles. The summed E-state index contributed by atoms with van der Waals surface area (Å²) in [7, 11) is 0. The molecule has 0 fully saturated rings. The molecular weight excluding hydrogens is 233 g/mol. The van der Waals surface area contributed by atoms with Crippen LogP contribution >= 0.6 is 0 Å². The van der Waals surface area contributed by atoms with Crippen LogP contribution in [0.2, 0.25) is 0 Å². The zero-order valence-corrected chi connectivity index (χ0v) is 8.75. The van der Waals surface area contributed by atoms with Crippen molar-refractivity contribution < 1.29 is 17.9 Å². The number of halogens is 3. The molecule has 17 heavy (non-hydrogen) atoms. The Morgan fingerprint density at radius 1 is 1.18 bits per heavy atom. The first kappa shape index (κ1) is 11.4. The van der Waals surface area contributed by atoms with Gasteiger partial charge in [-0.05, 0) is 11.9 Å². The Labute approximate surface area is 94.7 Å². The van der Waals surface area contributed by atoms with Crippen LogP contribution in [0.4, 0.5) is 13.2 Å². The lowest BCUT2D eigenvalue weighted by Crippen LogP contribution is -2.34. The van der Waals surface area contributed by atoms with Gasteiger partial charge in [0, 0.05) is 18.2 Å². The highest BCUT2D eigenvalue weighted by atomic mass is 19.1. The number of nitrogens with zero attached hydrogens (tertiary/aromatic N) is 2. The van der Waals surface area contributed by atoms with Gasteiger partial charge in [-0.15, -0.1) is 0 Å². The van der Waals surface area contributed by atoms with E-state index in [1.54, 1.807) is 0 Å². The molecule has 0 bridgehead atoms. The van der Waals surface area contributed by atoms with E-state index in [1.807, 2.05) is 0 Å². The van der Waals surface area contributed by atoms with Crippen LogP contribution in [0.5, 0.6) is 0 Å². The molecule has 0 saturated carbocycles. The Kier molecular flexibility index (Phi) is 2.71. The minimum Gasteiger partial charge on any atom is -0.710 e. The molecule has 3 nitrogen and oxygen atoms in total. The van der Waals surface area contributed by atoms with Crippen molar-refractivity contribution in [3.63, 3.8) is 0 Å². The molecule has 0 spiro atoms. The van der Waals surface area contributed by atoms with Gasteiger partial charge in [0.15, 0.2) is 0 Å². The minimum atomic E-state index is -1.16. The molecular formula is C11H7F3N2O. The van der Waals surface area contributed by atoms with E-state index in [-0.39, 0.29) is 5.69 Å². The van der Waals surface area contributed by atoms with Gasteiger partial charge in [-0.2, -0.15) is 0 Å². The van der Waals surface area contributed by atoms with Crippen molar-refractivity contribution >= 4 is 0 Å². The maximum atomic E-state index is 13.4. The largest absolute Gasteiger partial charge is 0.710 e. The Morgan fingerprint density at radius 2 is 1.76 bits per heavy atom. The number of benzene rings is 1. The molecule has 0 aliphatic heterocycles. The molecule has 0 radical (unpaired) electrons. The summed E-state index contributed by atoms with van der Waals surface area (Å²) in [5.41, 5.74) is -0.400. The van der Waals surface area contributed by atoms with Crippen molar-refractivity contribution in [3.05, 3.63) is 52.7 Å². The van der Waals surface area contributed by atoms with Crippen molar-refractivity contribution in [1.29, 1.82) is 0 Å². The number of hydrogen-bond donors (Lipinski definition) is 0. The van der Waals surface area contributed by atoms with Gasteiger partial charge in [-0.25, -0.2) is 17.9 Å². The third-order valence-electron chi connectivity index (χ3n) is 2.26. The van der Waals surface area contributed by atoms with Crippen molar-refractivity contribution in [2.24, 2.45) is 0 Å². The lowest BCUT2D eigenvalue weighted by atomic mass is 10.1. The standard InChI is InChI=1S/C11H7F3N2O/c1-6-2-3-15-11(16(6)17)10-8(13)4-7(12)5-9(10)14/h2-5H,1H3. The van der Waals surface area contributed by atoms with E-state index < -0.39 is 28.8 Å². The second-order valence-electron chi connectivity index (χ2n) is 3.45. The first-order valence-electron chi connectivity index (χ1n) is 4.71. The highest BCUT2D eigenvalue weighted by Crippen LogP contribution is 2.22. The molecule has 0 N–H and O–H groups in total. The summed E-state index contributed by atoms with van der Waals surface area (Å²) < 4.78 is 39.9. The van der Waals surface area contributed by atoms with Gasteiger partial charge < -0.3 is 5.21 Å². The molecule has 2 rings (SSSR count). The van der Waals surface area contributed by atoms with E-state index in [0.29, 0.717) is 16.9 Å². The number of aryl methyl sites for hydroxylation is 1. The topological polar surface area (TPSA) is 39.8 Å². The fourth-order valence-corrected chi connectivity index (χ4v) is 1.42. The SMILES string of the molecule is Cc1ccnc(-c2c(F)cc(F)cc2F)[n+]1[O-]. The summed E-state index contributed by atoms with van der Waals surface area (Å²) in [6, 6.07) is 2.40. The molecule has 0 aliphatic carbocycles. The van der Waals surface area contributed by atoms with Gasteiger partial charge in [-0.3, -0.25) is 0 Å². The lowest BCUT2D eigenvalue weighted by Gasteiger charge is -2.09. The molecule has 0 saturated heterocycles. The van der Waals surface area contributed by atoms with Crippen molar-refractivity contribution in [3.8, 4) is 11.4 Å². The Hall–Kier alpha value is -2.11. The van der Waals surface area contributed by atoms with Gasteiger partial charge in [0.25, 0.3) is 0 Å². The summed E-state index contributed by atoms with van der Waals surface area (Å²) in [6.07, 6.45) is 1.25. The Morgan fingerprint density at radius 3 is 2.35 bits per heavy atom. The second kappa shape index (κ2) is 4.04. The molecule has 6 heteroatoms. The van der Waals surface area contributed by atoms with E-state index in [1.165, 1.54) is 19.2 Å². The quantitative estimate of drug-likeness (QED) is 0.565. The smallest absolute Gasteiger partial charge is 0.339 e. The third-order valence-corrected chi connectivity index (χ3v) is 2.26. The summed E-state index contributed by atoms with van der Waals surface area (Å²) in [5.74, 6) is -3.80. The van der Waals surface area contributed by atoms with E-state index in [2.05, 4.69) is 4.98 Å². The predicted molar refractivity (Wildman–Crippen MR) is 53.2 cm³/mol. The summed E-state index contributed by atoms with van der Waals surface area (Å²) in [4.78, 5) is 3.61. The van der Waals surface area contributed by atoms with E-state index in [9.17, 15) is 18.4 Å². The van der Waals surface area contributed by atoms with E-state index in [0.717, 1.165) is 0 Å². The third kappa shape index (κ3) is 1.93.